The third-order valence-corrected chi connectivity index (χ3v) is 1.96. The molecule has 88 valence electrons. The van der Waals surface area contributed by atoms with E-state index in [4.69, 9.17) is 14.2 Å². The van der Waals surface area contributed by atoms with Gasteiger partial charge in [0.1, 0.15) is 6.61 Å². The van der Waals surface area contributed by atoms with E-state index >= 15 is 0 Å². The highest BCUT2D eigenvalue weighted by atomic mass is 16.5. The average molecular weight is 226 g/mol. The molecule has 0 aliphatic heterocycles. The predicted octanol–water partition coefficient (Wildman–Crippen LogP) is 1.47. The summed E-state index contributed by atoms with van der Waals surface area (Å²) < 4.78 is 14.8. The minimum absolute atomic E-state index is 0.0518. The number of carbonyl (C=O) groups excluding carboxylic acids is 1. The van der Waals surface area contributed by atoms with Crippen molar-refractivity contribution < 1.29 is 24.1 Å². The lowest BCUT2D eigenvalue weighted by atomic mass is 10.2. The largest absolute Gasteiger partial charge is 0.504 e. The SMILES string of the molecule is COc1cc(COC(C)=O)cc(O)c1OC. The molecule has 0 amide bonds. The van der Waals surface area contributed by atoms with Gasteiger partial charge in [0.15, 0.2) is 11.5 Å². The van der Waals surface area contributed by atoms with E-state index in [0.717, 1.165) is 0 Å². The van der Waals surface area contributed by atoms with Gasteiger partial charge in [0.05, 0.1) is 14.2 Å². The number of esters is 1. The van der Waals surface area contributed by atoms with Crippen molar-refractivity contribution >= 4 is 5.97 Å². The molecular formula is C11H14O5. The summed E-state index contributed by atoms with van der Waals surface area (Å²) in [5.41, 5.74) is 0.630. The molecule has 0 saturated heterocycles. The molecule has 0 unspecified atom stereocenters. The van der Waals surface area contributed by atoms with Gasteiger partial charge in [0.25, 0.3) is 0 Å². The normalized spacial score (nSPS) is 9.69. The third-order valence-electron chi connectivity index (χ3n) is 1.96. The van der Waals surface area contributed by atoms with E-state index in [2.05, 4.69) is 0 Å². The van der Waals surface area contributed by atoms with Crippen molar-refractivity contribution in [1.29, 1.82) is 0 Å². The van der Waals surface area contributed by atoms with Crippen LogP contribution in [0.1, 0.15) is 12.5 Å². The summed E-state index contributed by atoms with van der Waals surface area (Å²) in [6.45, 7) is 1.41. The number of hydrogen-bond donors (Lipinski definition) is 1. The molecule has 16 heavy (non-hydrogen) atoms. The number of methoxy groups -OCH3 is 2. The molecule has 0 aromatic heterocycles. The van der Waals surface area contributed by atoms with Crippen LogP contribution in [-0.4, -0.2) is 25.3 Å². The monoisotopic (exact) mass is 226 g/mol. The lowest BCUT2D eigenvalue weighted by Gasteiger charge is -2.11. The third kappa shape index (κ3) is 2.79. The van der Waals surface area contributed by atoms with Gasteiger partial charge < -0.3 is 19.3 Å². The second-order valence-corrected chi connectivity index (χ2v) is 3.13. The van der Waals surface area contributed by atoms with Crippen LogP contribution < -0.4 is 9.47 Å². The molecule has 0 saturated carbocycles. The van der Waals surface area contributed by atoms with Crippen LogP contribution in [0, 0.1) is 0 Å². The molecule has 0 spiro atoms. The second-order valence-electron chi connectivity index (χ2n) is 3.13. The Hall–Kier alpha value is -1.91. The van der Waals surface area contributed by atoms with E-state index in [9.17, 15) is 9.90 Å². The van der Waals surface area contributed by atoms with Crippen molar-refractivity contribution in [2.75, 3.05) is 14.2 Å². The average Bonchev–Trinajstić information content (AvgIpc) is 2.25. The van der Waals surface area contributed by atoms with E-state index in [-0.39, 0.29) is 24.1 Å². The maximum Gasteiger partial charge on any atom is 0.302 e. The van der Waals surface area contributed by atoms with Crippen molar-refractivity contribution in [2.24, 2.45) is 0 Å². The summed E-state index contributed by atoms with van der Waals surface area (Å²) in [6.07, 6.45) is 0. The van der Waals surface area contributed by atoms with Gasteiger partial charge in [-0.3, -0.25) is 4.79 Å². The zero-order valence-electron chi connectivity index (χ0n) is 9.44. The molecular weight excluding hydrogens is 212 g/mol. The Morgan fingerprint density at radius 2 is 2.00 bits per heavy atom. The van der Waals surface area contributed by atoms with Crippen LogP contribution in [0.25, 0.3) is 0 Å². The van der Waals surface area contributed by atoms with Crippen LogP contribution in [0.3, 0.4) is 0 Å². The molecule has 0 heterocycles. The number of hydrogen-bond acceptors (Lipinski definition) is 5. The Labute approximate surface area is 93.6 Å². The molecule has 1 N–H and O–H groups in total. The summed E-state index contributed by atoms with van der Waals surface area (Å²) >= 11 is 0. The van der Waals surface area contributed by atoms with Gasteiger partial charge >= 0.3 is 5.97 Å². The first-order valence-electron chi connectivity index (χ1n) is 4.65. The first-order chi connectivity index (χ1) is 7.58. The van der Waals surface area contributed by atoms with E-state index in [1.807, 2.05) is 0 Å². The fraction of sp³-hybridized carbons (Fsp3) is 0.364. The summed E-state index contributed by atoms with van der Waals surface area (Å²) in [4.78, 5) is 10.6. The molecule has 0 atom stereocenters. The van der Waals surface area contributed by atoms with Crippen molar-refractivity contribution in [3.63, 3.8) is 0 Å². The van der Waals surface area contributed by atoms with Crippen LogP contribution in [-0.2, 0) is 16.1 Å². The number of rotatable bonds is 4. The summed E-state index contributed by atoms with van der Waals surface area (Å²) in [5, 5.41) is 9.62. The number of ether oxygens (including phenoxy) is 3. The number of aromatic hydroxyl groups is 1. The Balaban J connectivity index is 2.96. The van der Waals surface area contributed by atoms with Crippen LogP contribution in [0.2, 0.25) is 0 Å². The van der Waals surface area contributed by atoms with Crippen molar-refractivity contribution in [3.8, 4) is 17.2 Å². The highest BCUT2D eigenvalue weighted by Gasteiger charge is 2.11. The number of benzene rings is 1. The molecule has 0 bridgehead atoms. The lowest BCUT2D eigenvalue weighted by molar-refractivity contribution is -0.142. The van der Waals surface area contributed by atoms with Crippen molar-refractivity contribution in [2.45, 2.75) is 13.5 Å². The molecule has 1 aromatic carbocycles. The summed E-state index contributed by atoms with van der Waals surface area (Å²) in [6, 6.07) is 3.10. The van der Waals surface area contributed by atoms with Crippen LogP contribution in [0.5, 0.6) is 17.2 Å². The first kappa shape index (κ1) is 12.2. The summed E-state index contributed by atoms with van der Waals surface area (Å²) in [5.74, 6) is 0.219. The Morgan fingerprint density at radius 1 is 1.31 bits per heavy atom. The van der Waals surface area contributed by atoms with Gasteiger partial charge in [-0.2, -0.15) is 0 Å². The quantitative estimate of drug-likeness (QED) is 0.787. The van der Waals surface area contributed by atoms with Gasteiger partial charge in [-0.1, -0.05) is 0 Å². The van der Waals surface area contributed by atoms with Gasteiger partial charge in [-0.15, -0.1) is 0 Å². The minimum atomic E-state index is -0.380. The number of phenolic OH excluding ortho intramolecular Hbond substituents is 1. The predicted molar refractivity (Wildman–Crippen MR) is 56.7 cm³/mol. The van der Waals surface area contributed by atoms with Crippen molar-refractivity contribution in [1.82, 2.24) is 0 Å². The molecule has 0 fully saturated rings. The van der Waals surface area contributed by atoms with Crippen LogP contribution >= 0.6 is 0 Å². The van der Waals surface area contributed by atoms with Crippen LogP contribution in [0.4, 0.5) is 0 Å². The Morgan fingerprint density at radius 3 is 2.50 bits per heavy atom. The minimum Gasteiger partial charge on any atom is -0.504 e. The number of carbonyl (C=O) groups is 1. The Kier molecular flexibility index (Phi) is 3.99. The highest BCUT2D eigenvalue weighted by Crippen LogP contribution is 2.37. The fourth-order valence-electron chi connectivity index (χ4n) is 1.27. The van der Waals surface area contributed by atoms with Gasteiger partial charge in [0, 0.05) is 6.92 Å². The molecule has 5 heteroatoms. The van der Waals surface area contributed by atoms with Gasteiger partial charge in [-0.25, -0.2) is 0 Å². The molecule has 1 rings (SSSR count). The Bertz CT molecular complexity index is 386. The zero-order chi connectivity index (χ0) is 12.1. The number of phenols is 1. The smallest absolute Gasteiger partial charge is 0.302 e. The standard InChI is InChI=1S/C11H14O5/c1-7(12)16-6-8-4-9(13)11(15-3)10(5-8)14-2/h4-5,13H,6H2,1-3H3. The topological polar surface area (TPSA) is 65.0 Å². The van der Waals surface area contributed by atoms with Crippen molar-refractivity contribution in [3.05, 3.63) is 17.7 Å². The van der Waals surface area contributed by atoms with Crippen LogP contribution in [0.15, 0.2) is 12.1 Å². The molecule has 0 aliphatic rings. The highest BCUT2D eigenvalue weighted by molar-refractivity contribution is 5.66. The summed E-state index contributed by atoms with van der Waals surface area (Å²) in [7, 11) is 2.90. The fourth-order valence-corrected chi connectivity index (χ4v) is 1.27. The maximum absolute atomic E-state index is 10.6. The van der Waals surface area contributed by atoms with E-state index in [1.54, 1.807) is 6.07 Å². The first-order valence-corrected chi connectivity index (χ1v) is 4.65. The van der Waals surface area contributed by atoms with E-state index in [0.29, 0.717) is 11.3 Å². The van der Waals surface area contributed by atoms with Gasteiger partial charge in [-0.05, 0) is 17.7 Å². The van der Waals surface area contributed by atoms with E-state index < -0.39 is 0 Å². The maximum atomic E-state index is 10.6. The molecule has 0 radical (unpaired) electrons. The van der Waals surface area contributed by atoms with E-state index in [1.165, 1.54) is 27.2 Å². The molecule has 0 aliphatic carbocycles. The molecule has 1 aromatic rings. The molecule has 5 nitrogen and oxygen atoms in total. The lowest BCUT2D eigenvalue weighted by Crippen LogP contribution is -2.00. The second kappa shape index (κ2) is 5.25. The van der Waals surface area contributed by atoms with Gasteiger partial charge in [0.2, 0.25) is 5.75 Å². The zero-order valence-corrected chi connectivity index (χ0v) is 9.44.